The molecule has 0 amide bonds. The number of hydrogen-bond acceptors (Lipinski definition) is 0. The monoisotopic (exact) mass is 198 g/mol. The molecule has 2 N–H and O–H groups in total. The van der Waals surface area contributed by atoms with E-state index < -0.39 is 0 Å². The SMILES string of the molecule is O.[Fe].[H-].[Li+].[Ni].[Ni]. The van der Waals surface area contributed by atoms with Crippen molar-refractivity contribution >= 4 is 0 Å². The van der Waals surface area contributed by atoms with E-state index in [1.165, 1.54) is 0 Å². The van der Waals surface area contributed by atoms with Crippen LogP contribution >= 0.6 is 0 Å². The van der Waals surface area contributed by atoms with Gasteiger partial charge in [-0.15, -0.1) is 0 Å². The third-order valence-electron chi connectivity index (χ3n) is 0. The van der Waals surface area contributed by atoms with Gasteiger partial charge in [-0.2, -0.15) is 0 Å². The molecule has 0 radical (unpaired) electrons. The van der Waals surface area contributed by atoms with Crippen LogP contribution in [0.1, 0.15) is 1.43 Å². The summed E-state index contributed by atoms with van der Waals surface area (Å²) in [5.41, 5.74) is 0. The van der Waals surface area contributed by atoms with Gasteiger partial charge in [-0.05, 0) is 0 Å². The molecular weight excluding hydrogens is 196 g/mol. The first-order chi connectivity index (χ1) is 0. The maximum absolute atomic E-state index is 0. The van der Waals surface area contributed by atoms with E-state index in [0.717, 1.165) is 0 Å². The summed E-state index contributed by atoms with van der Waals surface area (Å²) in [4.78, 5) is 0. The van der Waals surface area contributed by atoms with Crippen LogP contribution in [0.4, 0.5) is 0 Å². The molecule has 0 saturated carbocycles. The van der Waals surface area contributed by atoms with Crippen LogP contribution in [0.15, 0.2) is 0 Å². The predicted molar refractivity (Wildman–Crippen MR) is 4.73 cm³/mol. The van der Waals surface area contributed by atoms with Crippen LogP contribution in [-0.4, -0.2) is 5.48 Å². The molecule has 5 heteroatoms. The van der Waals surface area contributed by atoms with E-state index in [0.29, 0.717) is 0 Å². The molecule has 0 aromatic heterocycles. The second-order valence-corrected chi connectivity index (χ2v) is 0. The van der Waals surface area contributed by atoms with Gasteiger partial charge in [0, 0.05) is 50.1 Å². The Morgan fingerprint density at radius 3 is 1.00 bits per heavy atom. The van der Waals surface area contributed by atoms with Gasteiger partial charge in [0.2, 0.25) is 0 Å². The molecule has 0 fully saturated rings. The smallest absolute Gasteiger partial charge is 1.00 e. The van der Waals surface area contributed by atoms with Crippen LogP contribution in [0, 0.1) is 0 Å². The van der Waals surface area contributed by atoms with E-state index in [2.05, 4.69) is 0 Å². The van der Waals surface area contributed by atoms with E-state index in [-0.39, 0.29) is 75.8 Å². The fourth-order valence-corrected chi connectivity index (χ4v) is 0. The molecule has 0 aliphatic rings. The van der Waals surface area contributed by atoms with E-state index in [1.54, 1.807) is 0 Å². The molecule has 0 heterocycles. The van der Waals surface area contributed by atoms with E-state index in [9.17, 15) is 0 Å². The van der Waals surface area contributed by atoms with Gasteiger partial charge in [-0.3, -0.25) is 0 Å². The van der Waals surface area contributed by atoms with Crippen molar-refractivity contribution in [3.8, 4) is 0 Å². The summed E-state index contributed by atoms with van der Waals surface area (Å²) in [5.74, 6) is 0. The van der Waals surface area contributed by atoms with Gasteiger partial charge in [0.25, 0.3) is 0 Å². The molecule has 0 aromatic rings. The summed E-state index contributed by atoms with van der Waals surface area (Å²) in [6.07, 6.45) is 0. The number of rotatable bonds is 0. The van der Waals surface area contributed by atoms with E-state index in [1.807, 2.05) is 0 Å². The van der Waals surface area contributed by atoms with Gasteiger partial charge in [0.15, 0.2) is 0 Å². The largest absolute Gasteiger partial charge is 1.00 e. The first-order valence-corrected chi connectivity index (χ1v) is 0. The minimum absolute atomic E-state index is 0. The van der Waals surface area contributed by atoms with Crippen molar-refractivity contribution in [1.82, 2.24) is 0 Å². The maximum Gasteiger partial charge on any atom is 1.00 e. The Hall–Kier alpha value is 2.06. The molecular formula is H3FeLiNi2O. The van der Waals surface area contributed by atoms with Crippen molar-refractivity contribution in [3.63, 3.8) is 0 Å². The molecule has 0 aliphatic heterocycles. The Labute approximate surface area is 75.3 Å². The predicted octanol–water partition coefficient (Wildman–Crippen LogP) is -3.72. The van der Waals surface area contributed by atoms with Crippen LogP contribution < -0.4 is 18.9 Å². The van der Waals surface area contributed by atoms with E-state index in [4.69, 9.17) is 0 Å². The average Bonchev–Trinajstić information content (AvgIpc) is 0. The van der Waals surface area contributed by atoms with E-state index >= 15 is 0 Å². The molecule has 0 aromatic carbocycles. The Morgan fingerprint density at radius 1 is 1.00 bits per heavy atom. The van der Waals surface area contributed by atoms with Gasteiger partial charge in [0.05, 0.1) is 0 Å². The Bertz CT molecular complexity index is 13.5. The molecule has 0 rings (SSSR count). The summed E-state index contributed by atoms with van der Waals surface area (Å²) in [6, 6.07) is 0. The zero-order chi connectivity index (χ0) is 0. The second-order valence-electron chi connectivity index (χ2n) is 0. The minimum Gasteiger partial charge on any atom is -1.00 e. The molecule has 0 saturated heterocycles. The van der Waals surface area contributed by atoms with Crippen molar-refractivity contribution < 1.29 is 75.8 Å². The van der Waals surface area contributed by atoms with Crippen molar-refractivity contribution in [3.05, 3.63) is 0 Å². The molecule has 0 spiro atoms. The summed E-state index contributed by atoms with van der Waals surface area (Å²) in [6.45, 7) is 0. The average molecular weight is 199 g/mol. The standard InChI is InChI=1S/Fe.Li.2Ni.H2O.H/h;;;;1H2;/q;+1;;;;-1. The summed E-state index contributed by atoms with van der Waals surface area (Å²) < 4.78 is 0. The zero-order valence-electron chi connectivity index (χ0n) is 3.49. The van der Waals surface area contributed by atoms with Crippen molar-refractivity contribution in [2.24, 2.45) is 0 Å². The molecule has 5 heavy (non-hydrogen) atoms. The summed E-state index contributed by atoms with van der Waals surface area (Å²) in [5, 5.41) is 0. The van der Waals surface area contributed by atoms with Crippen molar-refractivity contribution in [1.29, 1.82) is 0 Å². The third-order valence-corrected chi connectivity index (χ3v) is 0. The third kappa shape index (κ3) is 23.5. The summed E-state index contributed by atoms with van der Waals surface area (Å²) in [7, 11) is 0. The quantitative estimate of drug-likeness (QED) is 0.359. The van der Waals surface area contributed by atoms with Crippen LogP contribution in [-0.2, 0) is 50.1 Å². The Kier molecular flexibility index (Phi) is 445. The summed E-state index contributed by atoms with van der Waals surface area (Å²) >= 11 is 0. The molecule has 1 nitrogen and oxygen atoms in total. The van der Waals surface area contributed by atoms with Gasteiger partial charge in [-0.1, -0.05) is 0 Å². The maximum atomic E-state index is 0. The van der Waals surface area contributed by atoms with Crippen LogP contribution in [0.25, 0.3) is 0 Å². The van der Waals surface area contributed by atoms with Crippen molar-refractivity contribution in [2.75, 3.05) is 0 Å². The van der Waals surface area contributed by atoms with Gasteiger partial charge >= 0.3 is 18.9 Å². The van der Waals surface area contributed by atoms with Gasteiger partial charge in [0.1, 0.15) is 0 Å². The van der Waals surface area contributed by atoms with Crippen LogP contribution in [0.5, 0.6) is 0 Å². The van der Waals surface area contributed by atoms with Gasteiger partial charge in [-0.25, -0.2) is 0 Å². The first kappa shape index (κ1) is 61.0. The molecule has 38 valence electrons. The van der Waals surface area contributed by atoms with Crippen molar-refractivity contribution in [2.45, 2.75) is 0 Å². The Morgan fingerprint density at radius 2 is 1.00 bits per heavy atom. The van der Waals surface area contributed by atoms with Crippen LogP contribution in [0.3, 0.4) is 0 Å². The normalized spacial score (nSPS) is 0. The molecule has 0 bridgehead atoms. The van der Waals surface area contributed by atoms with Crippen LogP contribution in [0.2, 0.25) is 0 Å². The molecule has 0 atom stereocenters. The fraction of sp³-hybridized carbons (Fsp3) is 0. The zero-order valence-corrected chi connectivity index (χ0v) is 5.57. The number of hydrogen-bond donors (Lipinski definition) is 0. The fourth-order valence-electron chi connectivity index (χ4n) is 0. The first-order valence-electron chi connectivity index (χ1n) is 0. The molecule has 0 aliphatic carbocycles. The topological polar surface area (TPSA) is 31.5 Å². The Balaban J connectivity index is 0. The minimum atomic E-state index is 0. The second kappa shape index (κ2) is 36.5. The molecule has 0 unspecified atom stereocenters. The van der Waals surface area contributed by atoms with Gasteiger partial charge < -0.3 is 6.90 Å².